The fourth-order valence-electron chi connectivity index (χ4n) is 2.73. The summed E-state index contributed by atoms with van der Waals surface area (Å²) in [5, 5.41) is 4.22. The largest absolute Gasteiger partial charge is 0.492 e. The lowest BCUT2D eigenvalue weighted by Crippen LogP contribution is -2.34. The Hall–Kier alpha value is -0.930. The number of rotatable bonds is 6. The summed E-state index contributed by atoms with van der Waals surface area (Å²) in [5.41, 5.74) is 0. The SMILES string of the molecule is O=C(CCCOc1ccc(Cl)cc1Cl)NC1CCCCCC1. The number of benzene rings is 1. The van der Waals surface area contributed by atoms with Gasteiger partial charge in [0.05, 0.1) is 11.6 Å². The molecule has 1 aromatic rings. The van der Waals surface area contributed by atoms with E-state index < -0.39 is 0 Å². The zero-order valence-corrected chi connectivity index (χ0v) is 14.3. The molecule has 0 radical (unpaired) electrons. The lowest BCUT2D eigenvalue weighted by molar-refractivity contribution is -0.122. The maximum atomic E-state index is 11.9. The zero-order valence-electron chi connectivity index (χ0n) is 12.7. The van der Waals surface area contributed by atoms with E-state index in [-0.39, 0.29) is 5.91 Å². The van der Waals surface area contributed by atoms with Crippen molar-refractivity contribution >= 4 is 29.1 Å². The van der Waals surface area contributed by atoms with Crippen LogP contribution in [0.2, 0.25) is 10.0 Å². The van der Waals surface area contributed by atoms with Gasteiger partial charge >= 0.3 is 0 Å². The van der Waals surface area contributed by atoms with Gasteiger partial charge in [-0.25, -0.2) is 0 Å². The molecule has 1 saturated carbocycles. The molecular weight excluding hydrogens is 321 g/mol. The highest BCUT2D eigenvalue weighted by Crippen LogP contribution is 2.27. The van der Waals surface area contributed by atoms with Gasteiger partial charge in [0.25, 0.3) is 0 Å². The van der Waals surface area contributed by atoms with Crippen LogP contribution in [0.4, 0.5) is 0 Å². The van der Waals surface area contributed by atoms with E-state index in [2.05, 4.69) is 5.32 Å². The van der Waals surface area contributed by atoms with Gasteiger partial charge in [0, 0.05) is 17.5 Å². The molecule has 22 heavy (non-hydrogen) atoms. The quantitative estimate of drug-likeness (QED) is 0.583. The molecule has 122 valence electrons. The molecule has 0 unspecified atom stereocenters. The van der Waals surface area contributed by atoms with Crippen molar-refractivity contribution in [2.24, 2.45) is 0 Å². The molecule has 1 aliphatic rings. The van der Waals surface area contributed by atoms with Crippen LogP contribution < -0.4 is 10.1 Å². The van der Waals surface area contributed by atoms with E-state index >= 15 is 0 Å². The number of carbonyl (C=O) groups is 1. The molecular formula is C17H23Cl2NO2. The molecule has 2 rings (SSSR count). The van der Waals surface area contributed by atoms with E-state index in [4.69, 9.17) is 27.9 Å². The minimum atomic E-state index is 0.123. The first-order chi connectivity index (χ1) is 10.6. The second kappa shape index (κ2) is 9.26. The molecule has 1 aliphatic carbocycles. The van der Waals surface area contributed by atoms with E-state index in [0.29, 0.717) is 41.3 Å². The molecule has 5 heteroatoms. The van der Waals surface area contributed by atoms with Gasteiger partial charge in [-0.05, 0) is 37.5 Å². The third-order valence-electron chi connectivity index (χ3n) is 3.92. The van der Waals surface area contributed by atoms with E-state index in [1.54, 1.807) is 18.2 Å². The standard InChI is InChI=1S/C17H23Cl2NO2/c18-13-9-10-16(15(19)12-13)22-11-5-8-17(21)20-14-6-3-1-2-4-7-14/h9-10,12,14H,1-8,11H2,(H,20,21). The predicted octanol–water partition coefficient (Wildman–Crippen LogP) is 4.99. The Balaban J connectivity index is 1.64. The molecule has 0 spiro atoms. The Morgan fingerprint density at radius 1 is 1.18 bits per heavy atom. The topological polar surface area (TPSA) is 38.3 Å². The maximum absolute atomic E-state index is 11.9. The third kappa shape index (κ3) is 6.05. The second-order valence-corrected chi connectivity index (χ2v) is 6.63. The fraction of sp³-hybridized carbons (Fsp3) is 0.588. The average Bonchev–Trinajstić information content (AvgIpc) is 2.74. The van der Waals surface area contributed by atoms with Crippen molar-refractivity contribution in [2.45, 2.75) is 57.4 Å². The van der Waals surface area contributed by atoms with Crippen LogP contribution in [0.15, 0.2) is 18.2 Å². The Morgan fingerprint density at radius 2 is 1.91 bits per heavy atom. The van der Waals surface area contributed by atoms with Crippen LogP contribution in [-0.2, 0) is 4.79 Å². The van der Waals surface area contributed by atoms with Gasteiger partial charge in [-0.15, -0.1) is 0 Å². The summed E-state index contributed by atoms with van der Waals surface area (Å²) in [5.74, 6) is 0.730. The Labute approximate surface area is 142 Å². The van der Waals surface area contributed by atoms with Crippen LogP contribution in [0, 0.1) is 0 Å². The molecule has 1 N–H and O–H groups in total. The van der Waals surface area contributed by atoms with E-state index in [1.807, 2.05) is 0 Å². The third-order valence-corrected chi connectivity index (χ3v) is 4.45. The van der Waals surface area contributed by atoms with Crippen LogP contribution in [0.5, 0.6) is 5.75 Å². The van der Waals surface area contributed by atoms with Crippen LogP contribution in [0.25, 0.3) is 0 Å². The number of halogens is 2. The van der Waals surface area contributed by atoms with Gasteiger partial charge in [-0.2, -0.15) is 0 Å². The van der Waals surface area contributed by atoms with Gasteiger partial charge in [0.2, 0.25) is 5.91 Å². The minimum absolute atomic E-state index is 0.123. The number of hydrogen-bond donors (Lipinski definition) is 1. The first-order valence-electron chi connectivity index (χ1n) is 8.02. The lowest BCUT2D eigenvalue weighted by atomic mass is 10.1. The average molecular weight is 344 g/mol. The Bertz CT molecular complexity index is 486. The summed E-state index contributed by atoms with van der Waals surface area (Å²) in [6.45, 7) is 0.472. The van der Waals surface area contributed by atoms with Gasteiger partial charge in [0.15, 0.2) is 0 Å². The Morgan fingerprint density at radius 3 is 2.59 bits per heavy atom. The van der Waals surface area contributed by atoms with E-state index in [9.17, 15) is 4.79 Å². The summed E-state index contributed by atoms with van der Waals surface area (Å²) in [4.78, 5) is 11.9. The van der Waals surface area contributed by atoms with Crippen LogP contribution in [0.3, 0.4) is 0 Å². The molecule has 1 aromatic carbocycles. The second-order valence-electron chi connectivity index (χ2n) is 5.78. The molecule has 0 bridgehead atoms. The molecule has 3 nitrogen and oxygen atoms in total. The van der Waals surface area contributed by atoms with Gasteiger partial charge < -0.3 is 10.1 Å². The van der Waals surface area contributed by atoms with E-state index in [0.717, 1.165) is 12.8 Å². The molecule has 0 aromatic heterocycles. The summed E-state index contributed by atoms with van der Waals surface area (Å²) >= 11 is 11.9. The van der Waals surface area contributed by atoms with Crippen molar-refractivity contribution in [2.75, 3.05) is 6.61 Å². The normalized spacial score (nSPS) is 16.1. The monoisotopic (exact) mass is 343 g/mol. The van der Waals surface area contributed by atoms with Crippen LogP contribution >= 0.6 is 23.2 Å². The number of amides is 1. The van der Waals surface area contributed by atoms with Crippen molar-refractivity contribution in [1.29, 1.82) is 0 Å². The minimum Gasteiger partial charge on any atom is -0.492 e. The highest BCUT2D eigenvalue weighted by molar-refractivity contribution is 6.35. The Kier molecular flexibility index (Phi) is 7.34. The zero-order chi connectivity index (χ0) is 15.8. The summed E-state index contributed by atoms with van der Waals surface area (Å²) in [7, 11) is 0. The highest BCUT2D eigenvalue weighted by atomic mass is 35.5. The van der Waals surface area contributed by atoms with Crippen LogP contribution in [0.1, 0.15) is 51.4 Å². The van der Waals surface area contributed by atoms with E-state index in [1.165, 1.54) is 25.7 Å². The van der Waals surface area contributed by atoms with Crippen molar-refractivity contribution in [3.63, 3.8) is 0 Å². The van der Waals surface area contributed by atoms with Gasteiger partial charge in [-0.1, -0.05) is 48.9 Å². The number of hydrogen-bond acceptors (Lipinski definition) is 2. The molecule has 1 fully saturated rings. The van der Waals surface area contributed by atoms with Crippen molar-refractivity contribution in [3.05, 3.63) is 28.2 Å². The highest BCUT2D eigenvalue weighted by Gasteiger charge is 2.14. The molecule has 0 saturated heterocycles. The molecule has 0 atom stereocenters. The van der Waals surface area contributed by atoms with Crippen molar-refractivity contribution in [3.8, 4) is 5.75 Å². The summed E-state index contributed by atoms with van der Waals surface area (Å²) < 4.78 is 5.58. The summed E-state index contributed by atoms with van der Waals surface area (Å²) in [6.07, 6.45) is 8.43. The molecule has 0 heterocycles. The van der Waals surface area contributed by atoms with Crippen molar-refractivity contribution < 1.29 is 9.53 Å². The summed E-state index contributed by atoms with van der Waals surface area (Å²) in [6, 6.07) is 5.50. The fourth-order valence-corrected chi connectivity index (χ4v) is 3.19. The van der Waals surface area contributed by atoms with Gasteiger partial charge in [0.1, 0.15) is 5.75 Å². The van der Waals surface area contributed by atoms with Crippen molar-refractivity contribution in [1.82, 2.24) is 5.32 Å². The predicted molar refractivity (Wildman–Crippen MR) is 90.8 cm³/mol. The number of carbonyl (C=O) groups excluding carboxylic acids is 1. The molecule has 0 aliphatic heterocycles. The first-order valence-corrected chi connectivity index (χ1v) is 8.78. The van der Waals surface area contributed by atoms with Crippen LogP contribution in [-0.4, -0.2) is 18.6 Å². The smallest absolute Gasteiger partial charge is 0.220 e. The first kappa shape index (κ1) is 17.4. The number of ether oxygens (including phenoxy) is 1. The maximum Gasteiger partial charge on any atom is 0.220 e. The number of nitrogens with one attached hydrogen (secondary N) is 1. The van der Waals surface area contributed by atoms with Gasteiger partial charge in [-0.3, -0.25) is 4.79 Å². The lowest BCUT2D eigenvalue weighted by Gasteiger charge is -2.16. The molecule has 1 amide bonds.